The van der Waals surface area contributed by atoms with Gasteiger partial charge >= 0.3 is 0 Å². The van der Waals surface area contributed by atoms with Crippen LogP contribution in [0.25, 0.3) is 0 Å². The Morgan fingerprint density at radius 3 is 1.28 bits per heavy atom. The van der Waals surface area contributed by atoms with E-state index in [-0.39, 0.29) is 18.9 Å². The lowest BCUT2D eigenvalue weighted by Crippen LogP contribution is -2.66. The van der Waals surface area contributed by atoms with Crippen LogP contribution >= 0.6 is 0 Å². The van der Waals surface area contributed by atoms with Gasteiger partial charge in [0.1, 0.15) is 73.2 Å². The number of aliphatic hydroxyl groups is 11. The number of nitrogens with one attached hydrogen (secondary N) is 1. The van der Waals surface area contributed by atoms with Gasteiger partial charge in [0.05, 0.1) is 38.6 Å². The molecule has 3 aliphatic heterocycles. The maximum atomic E-state index is 13.3. The number of aliphatic hydroxyl groups excluding tert-OH is 11. The van der Waals surface area contributed by atoms with Crippen molar-refractivity contribution < 1.29 is 89.4 Å². The minimum atomic E-state index is -1.98. The molecule has 0 spiro atoms. The summed E-state index contributed by atoms with van der Waals surface area (Å²) in [6.45, 7) is 1.71. The van der Waals surface area contributed by atoms with E-state index in [1.54, 1.807) is 6.08 Å². The van der Waals surface area contributed by atoms with Crippen molar-refractivity contribution in [3.05, 3.63) is 24.3 Å². The molecule has 17 unspecified atom stereocenters. The normalized spacial score (nSPS) is 30.6. The van der Waals surface area contributed by atoms with Gasteiger partial charge in [-0.2, -0.15) is 0 Å². The zero-order valence-electron chi connectivity index (χ0n) is 47.7. The summed E-state index contributed by atoms with van der Waals surface area (Å²) in [7, 11) is 0. The minimum absolute atomic E-state index is 0.240. The van der Waals surface area contributed by atoms with Crippen molar-refractivity contribution in [1.82, 2.24) is 5.32 Å². The van der Waals surface area contributed by atoms with Crippen molar-refractivity contribution in [2.24, 2.45) is 0 Å². The largest absolute Gasteiger partial charge is 0.394 e. The molecular weight excluding hydrogens is 1010 g/mol. The molecule has 3 heterocycles. The van der Waals surface area contributed by atoms with E-state index in [1.165, 1.54) is 141 Å². The molecule has 3 saturated heterocycles. The second kappa shape index (κ2) is 43.0. The van der Waals surface area contributed by atoms with Crippen molar-refractivity contribution in [3.63, 3.8) is 0 Å². The van der Waals surface area contributed by atoms with Gasteiger partial charge in [-0.15, -0.1) is 0 Å². The summed E-state index contributed by atoms with van der Waals surface area (Å²) in [5, 5.41) is 120. The van der Waals surface area contributed by atoms with Gasteiger partial charge in [-0.05, 0) is 32.1 Å². The van der Waals surface area contributed by atoms with Gasteiger partial charge < -0.3 is 89.9 Å². The Labute approximate surface area is 467 Å². The summed E-state index contributed by atoms with van der Waals surface area (Å²) >= 11 is 0. The number of hydrogen-bond acceptors (Lipinski definition) is 18. The smallest absolute Gasteiger partial charge is 0.220 e. The summed E-state index contributed by atoms with van der Waals surface area (Å²) in [5.74, 6) is -0.283. The lowest BCUT2D eigenvalue weighted by atomic mass is 9.96. The van der Waals surface area contributed by atoms with E-state index in [9.17, 15) is 61.0 Å². The van der Waals surface area contributed by atoms with E-state index in [1.807, 2.05) is 6.08 Å². The topological polar surface area (TPSA) is 307 Å². The van der Waals surface area contributed by atoms with Crippen molar-refractivity contribution in [1.29, 1.82) is 0 Å². The number of carbonyl (C=O) groups excluding carboxylic acids is 1. The average Bonchev–Trinajstić information content (AvgIpc) is 3.47. The van der Waals surface area contributed by atoms with Crippen molar-refractivity contribution >= 4 is 5.91 Å². The van der Waals surface area contributed by atoms with Gasteiger partial charge in [0.25, 0.3) is 0 Å². The molecule has 0 aromatic carbocycles. The predicted molar refractivity (Wildman–Crippen MR) is 296 cm³/mol. The molecule has 19 heteroatoms. The Hall–Kier alpha value is -1.73. The lowest BCUT2D eigenvalue weighted by molar-refractivity contribution is -0.379. The lowest BCUT2D eigenvalue weighted by Gasteiger charge is -2.48. The van der Waals surface area contributed by atoms with Gasteiger partial charge in [0, 0.05) is 6.42 Å². The second-order valence-electron chi connectivity index (χ2n) is 22.2. The highest BCUT2D eigenvalue weighted by Gasteiger charge is 2.53. The van der Waals surface area contributed by atoms with Crippen LogP contribution in [0.5, 0.6) is 0 Å². The van der Waals surface area contributed by atoms with Crippen LogP contribution < -0.4 is 5.32 Å². The number of carbonyl (C=O) groups is 1. The van der Waals surface area contributed by atoms with Crippen LogP contribution in [0.1, 0.15) is 213 Å². The van der Waals surface area contributed by atoms with Crippen molar-refractivity contribution in [2.75, 3.05) is 26.4 Å². The van der Waals surface area contributed by atoms with Crippen LogP contribution in [0, 0.1) is 0 Å². The summed E-state index contributed by atoms with van der Waals surface area (Å²) in [4.78, 5) is 13.3. The first kappa shape index (κ1) is 70.5. The van der Waals surface area contributed by atoms with Crippen LogP contribution in [-0.4, -0.2) is 193 Å². The predicted octanol–water partition coefficient (Wildman–Crippen LogP) is 5.54. The van der Waals surface area contributed by atoms with Crippen molar-refractivity contribution in [3.8, 4) is 0 Å². The van der Waals surface area contributed by atoms with Gasteiger partial charge in [-0.25, -0.2) is 0 Å². The number of ether oxygens (including phenoxy) is 6. The summed E-state index contributed by atoms with van der Waals surface area (Å²) in [5.41, 5.74) is 0. The molecule has 3 aliphatic rings. The van der Waals surface area contributed by atoms with E-state index < -0.39 is 124 Å². The molecule has 3 fully saturated rings. The monoisotopic (exact) mass is 1120 g/mol. The SMILES string of the molecule is CCCCCCCCCCCCC/C=C/CC/C=C/C(O)C(COC1OC(CO)C(OC2OC(CO)C(OC3OC(CO)C(O)C(O)C3O)C(O)C2O)C(O)C1O)NC(=O)CCCCCCCCCCCCCCCCCC. The van der Waals surface area contributed by atoms with Crippen LogP contribution in [-0.2, 0) is 33.2 Å². The fraction of sp³-hybridized carbons (Fsp3) is 0.915. The van der Waals surface area contributed by atoms with Crippen molar-refractivity contribution in [2.45, 2.75) is 317 Å². The molecule has 0 aliphatic carbocycles. The first-order valence-electron chi connectivity index (χ1n) is 30.6. The third-order valence-electron chi connectivity index (χ3n) is 15.5. The van der Waals surface area contributed by atoms with Crippen LogP contribution in [0.3, 0.4) is 0 Å². The van der Waals surface area contributed by atoms with Gasteiger partial charge in [0.2, 0.25) is 5.91 Å². The molecule has 19 nitrogen and oxygen atoms in total. The second-order valence-corrected chi connectivity index (χ2v) is 22.2. The molecule has 0 radical (unpaired) electrons. The van der Waals surface area contributed by atoms with E-state index in [0.717, 1.165) is 38.5 Å². The quantitative estimate of drug-likeness (QED) is 0.0263. The molecular formula is C59H109NO18. The zero-order valence-corrected chi connectivity index (χ0v) is 47.7. The molecule has 0 bridgehead atoms. The van der Waals surface area contributed by atoms with E-state index in [0.29, 0.717) is 12.8 Å². The van der Waals surface area contributed by atoms with Crippen LogP contribution in [0.4, 0.5) is 0 Å². The summed E-state index contributed by atoms with van der Waals surface area (Å²) in [6.07, 6.45) is 17.3. The third-order valence-corrected chi connectivity index (χ3v) is 15.5. The number of unbranched alkanes of at least 4 members (excludes halogenated alkanes) is 27. The Kier molecular flexibility index (Phi) is 38.9. The molecule has 458 valence electrons. The molecule has 12 N–H and O–H groups in total. The van der Waals surface area contributed by atoms with Gasteiger partial charge in [0.15, 0.2) is 18.9 Å². The number of allylic oxidation sites excluding steroid dienone is 3. The molecule has 0 aromatic rings. The summed E-state index contributed by atoms with van der Waals surface area (Å²) < 4.78 is 34.2. The fourth-order valence-corrected chi connectivity index (χ4v) is 10.4. The molecule has 0 saturated carbocycles. The molecule has 17 atom stereocenters. The molecule has 1 amide bonds. The fourth-order valence-electron chi connectivity index (χ4n) is 10.4. The molecule has 0 aromatic heterocycles. The standard InChI is InChI=1S/C59H109NO18/c1-3-5-7-9-11-13-15-17-19-21-22-24-26-28-30-32-34-36-43(64)42(60-47(65)37-35-33-31-29-27-25-23-20-18-16-14-12-10-8-6-4-2)41-73-57-53(71)50(68)55(45(39-62)75-57)78-59-54(72)51(69)56(46(40-63)76-59)77-58-52(70)49(67)48(66)44(38-61)74-58/h26,28,34,36,42-46,48-59,61-64,66-72H,3-25,27,29-33,35,37-41H2,1-2H3,(H,60,65)/b28-26+,36-34+. The van der Waals surface area contributed by atoms with Gasteiger partial charge in [-0.3, -0.25) is 4.79 Å². The number of rotatable bonds is 45. The first-order valence-corrected chi connectivity index (χ1v) is 30.6. The first-order chi connectivity index (χ1) is 37.8. The maximum absolute atomic E-state index is 13.3. The Bertz CT molecular complexity index is 1530. The summed E-state index contributed by atoms with van der Waals surface area (Å²) in [6, 6.07) is -0.985. The third kappa shape index (κ3) is 26.7. The molecule has 3 rings (SSSR count). The number of amides is 1. The van der Waals surface area contributed by atoms with Crippen LogP contribution in [0.2, 0.25) is 0 Å². The average molecular weight is 1120 g/mol. The Morgan fingerprint density at radius 1 is 0.449 bits per heavy atom. The van der Waals surface area contributed by atoms with Gasteiger partial charge in [-0.1, -0.05) is 199 Å². The highest BCUT2D eigenvalue weighted by Crippen LogP contribution is 2.33. The van der Waals surface area contributed by atoms with E-state index in [4.69, 9.17) is 28.4 Å². The Morgan fingerprint density at radius 2 is 0.821 bits per heavy atom. The van der Waals surface area contributed by atoms with E-state index >= 15 is 0 Å². The molecule has 78 heavy (non-hydrogen) atoms. The highest BCUT2D eigenvalue weighted by molar-refractivity contribution is 5.76. The minimum Gasteiger partial charge on any atom is -0.394 e. The number of hydrogen-bond donors (Lipinski definition) is 12. The highest BCUT2D eigenvalue weighted by atomic mass is 16.8. The Balaban J connectivity index is 1.52. The zero-order chi connectivity index (χ0) is 56.9. The maximum Gasteiger partial charge on any atom is 0.220 e. The van der Waals surface area contributed by atoms with E-state index in [2.05, 4.69) is 31.3 Å². The van der Waals surface area contributed by atoms with Crippen LogP contribution in [0.15, 0.2) is 24.3 Å².